The zero-order valence-corrected chi connectivity index (χ0v) is 42.8. The van der Waals surface area contributed by atoms with E-state index in [1.54, 1.807) is 23.5 Å². The number of thiophene rings is 2. The molecule has 0 saturated carbocycles. The van der Waals surface area contributed by atoms with Gasteiger partial charge in [0, 0.05) is 49.9 Å². The average molecular weight is 1100 g/mol. The molecule has 78 heavy (non-hydrogen) atoms. The van der Waals surface area contributed by atoms with Crippen molar-refractivity contribution in [3.05, 3.63) is 225 Å². The van der Waals surface area contributed by atoms with Gasteiger partial charge in [-0.3, -0.25) is 9.59 Å². The molecule has 1 saturated heterocycles. The van der Waals surface area contributed by atoms with Gasteiger partial charge in [0.05, 0.1) is 36.5 Å². The number of nitrogens with zero attached hydrogens (tertiary/aromatic N) is 3. The fourth-order valence-electron chi connectivity index (χ4n) is 8.58. The van der Waals surface area contributed by atoms with Crippen LogP contribution in [0.5, 0.6) is 11.5 Å². The number of imide groups is 1. The van der Waals surface area contributed by atoms with Gasteiger partial charge in [0.2, 0.25) is 5.91 Å². The number of rotatable bonds is 18. The van der Waals surface area contributed by atoms with Gasteiger partial charge in [-0.05, 0) is 102 Å². The third kappa shape index (κ3) is 14.8. The Hall–Kier alpha value is -8.28. The molecule has 0 bridgehead atoms. The van der Waals surface area contributed by atoms with Gasteiger partial charge in [0.25, 0.3) is 0 Å². The van der Waals surface area contributed by atoms with Crippen LogP contribution in [0.2, 0.25) is 0 Å². The number of amides is 2. The molecule has 404 valence electrons. The zero-order valence-electron chi connectivity index (χ0n) is 41.2. The molecule has 0 N–H and O–H groups in total. The predicted octanol–water partition coefficient (Wildman–Crippen LogP) is 15.4. The first-order valence-electron chi connectivity index (χ1n) is 24.1. The van der Waals surface area contributed by atoms with Crippen molar-refractivity contribution in [1.82, 2.24) is 15.2 Å². The van der Waals surface area contributed by atoms with Crippen LogP contribution >= 0.6 is 22.7 Å². The number of carbonyl (C=O) groups is 3. The number of aryl methyl sites for hydroxylation is 1. The molecule has 17 heteroatoms. The number of ether oxygens (including phenoxy) is 4. The van der Waals surface area contributed by atoms with Crippen LogP contribution in [0.25, 0.3) is 20.9 Å². The lowest BCUT2D eigenvalue weighted by Crippen LogP contribution is -2.40. The number of methoxy groups -OCH3 is 1. The molecule has 0 radical (unpaired) electrons. The number of aromatic nitrogens is 2. The molecule has 9 aromatic rings. The van der Waals surface area contributed by atoms with Gasteiger partial charge in [0.15, 0.2) is 0 Å². The fourth-order valence-corrected chi connectivity index (χ4v) is 10.4. The monoisotopic (exact) mass is 1100 g/mol. The highest BCUT2D eigenvalue weighted by atomic mass is 32.1. The van der Waals surface area contributed by atoms with Crippen LogP contribution in [-0.4, -0.2) is 52.9 Å². The summed E-state index contributed by atoms with van der Waals surface area (Å²) in [5.74, 6) is 0.00324. The van der Waals surface area contributed by atoms with Crippen molar-refractivity contribution in [3.63, 3.8) is 0 Å². The minimum atomic E-state index is -4.35. The molecule has 12 nitrogen and oxygen atoms in total. The number of cyclic esters (lactones) is 1. The summed E-state index contributed by atoms with van der Waals surface area (Å²) < 4.78 is 70.3. The Morgan fingerprint density at radius 2 is 1.15 bits per heavy atom. The van der Waals surface area contributed by atoms with Crippen LogP contribution in [0, 0.1) is 6.92 Å². The standard InChI is InChI=1S/C34H30N2O5S.C25H20F3NO4S.2CH4/c1-23-7-9-26(10-8-23)32-16-15-29(42-32)22-39-28-13-11-25(12-14-28)30(31-17-18-41-35-31)20-33(37)36-27(21-40-34(36)38)19-24-5-3-2-4-6-24;1-31-24(30)14-21(22-12-13-33-29-22)16-4-8-19(9-5-16)32-15-20-10-11-23(34-20)17-2-6-18(7-3-17)25(26,27)28;;/h2-18,27,30H,19-22H2,1H3;2-13,21H,14-15H2,1H3;2*1H4/t27-,30-;21-;;/m00../s1. The molecule has 3 atom stereocenters. The second-order valence-electron chi connectivity index (χ2n) is 17.8. The largest absolute Gasteiger partial charge is 0.488 e. The second kappa shape index (κ2) is 26.7. The first-order valence-corrected chi connectivity index (χ1v) is 25.8. The molecule has 1 aliphatic rings. The molecular weight excluding hydrogens is 1040 g/mol. The molecular formula is C61H58F3N3O9S2. The first-order chi connectivity index (χ1) is 36.9. The maximum absolute atomic E-state index is 13.5. The highest BCUT2D eigenvalue weighted by Gasteiger charge is 2.39. The van der Waals surface area contributed by atoms with Crippen molar-refractivity contribution in [1.29, 1.82) is 0 Å². The summed E-state index contributed by atoms with van der Waals surface area (Å²) in [5.41, 5.74) is 6.51. The maximum Gasteiger partial charge on any atom is 0.416 e. The first kappa shape index (κ1) is 57.4. The molecule has 2 amide bonds. The van der Waals surface area contributed by atoms with Gasteiger partial charge in [-0.25, -0.2) is 9.69 Å². The van der Waals surface area contributed by atoms with E-state index in [1.165, 1.54) is 64.0 Å². The summed E-state index contributed by atoms with van der Waals surface area (Å²) in [6.07, 6.45) is -1.31. The lowest BCUT2D eigenvalue weighted by molar-refractivity contribution is -0.141. The molecule has 1 aliphatic heterocycles. The molecule has 5 aromatic carbocycles. The smallest absolute Gasteiger partial charge is 0.416 e. The molecule has 0 unspecified atom stereocenters. The average Bonchev–Trinajstić information content (AvgIpc) is 4.32. The molecule has 10 rings (SSSR count). The van der Waals surface area contributed by atoms with Crippen molar-refractivity contribution in [2.24, 2.45) is 0 Å². The molecule has 5 heterocycles. The maximum atomic E-state index is 13.5. The van der Waals surface area contributed by atoms with Crippen LogP contribution < -0.4 is 9.47 Å². The number of esters is 1. The van der Waals surface area contributed by atoms with Crippen molar-refractivity contribution < 1.29 is 55.5 Å². The minimum absolute atomic E-state index is 0. The third-order valence-corrected chi connectivity index (χ3v) is 14.8. The minimum Gasteiger partial charge on any atom is -0.488 e. The van der Waals surface area contributed by atoms with Gasteiger partial charge < -0.3 is 28.0 Å². The Morgan fingerprint density at radius 1 is 0.654 bits per heavy atom. The Kier molecular flexibility index (Phi) is 19.6. The van der Waals surface area contributed by atoms with E-state index >= 15 is 0 Å². The van der Waals surface area contributed by atoms with E-state index in [2.05, 4.69) is 53.6 Å². The van der Waals surface area contributed by atoms with Gasteiger partial charge in [-0.1, -0.05) is 122 Å². The third-order valence-electron chi connectivity index (χ3n) is 12.6. The van der Waals surface area contributed by atoms with Crippen LogP contribution in [0.1, 0.15) is 88.5 Å². The summed E-state index contributed by atoms with van der Waals surface area (Å²) in [5, 5.41) is 8.07. The predicted molar refractivity (Wildman–Crippen MR) is 294 cm³/mol. The van der Waals surface area contributed by atoms with Crippen LogP contribution in [0.3, 0.4) is 0 Å². The molecule has 1 fully saturated rings. The van der Waals surface area contributed by atoms with Crippen molar-refractivity contribution >= 4 is 40.6 Å². The lowest BCUT2D eigenvalue weighted by Gasteiger charge is -2.22. The van der Waals surface area contributed by atoms with Crippen molar-refractivity contribution in [3.8, 4) is 32.4 Å². The quantitative estimate of drug-likeness (QED) is 0.0757. The summed E-state index contributed by atoms with van der Waals surface area (Å²) in [4.78, 5) is 43.3. The van der Waals surface area contributed by atoms with Gasteiger partial charge >= 0.3 is 18.2 Å². The van der Waals surface area contributed by atoms with Crippen molar-refractivity contribution in [2.75, 3.05) is 13.7 Å². The number of benzene rings is 5. The Balaban J connectivity index is 0.000000225. The van der Waals surface area contributed by atoms with E-state index in [1.807, 2.05) is 91.0 Å². The normalized spacial score (nSPS) is 13.7. The van der Waals surface area contributed by atoms with Gasteiger partial charge in [-0.2, -0.15) is 13.2 Å². The fraction of sp³-hybridized carbons (Fsp3) is 0.230. The Bertz CT molecular complexity index is 3290. The summed E-state index contributed by atoms with van der Waals surface area (Å²) in [7, 11) is 1.34. The second-order valence-corrected chi connectivity index (χ2v) is 20.1. The number of halogens is 3. The number of alkyl halides is 3. The van der Waals surface area contributed by atoms with E-state index in [0.717, 1.165) is 54.8 Å². The zero-order chi connectivity index (χ0) is 53.0. The van der Waals surface area contributed by atoms with E-state index < -0.39 is 23.8 Å². The lowest BCUT2D eigenvalue weighted by atomic mass is 9.91. The van der Waals surface area contributed by atoms with Crippen LogP contribution in [-0.2, 0) is 44.9 Å². The Labute approximate surface area is 459 Å². The van der Waals surface area contributed by atoms with Crippen molar-refractivity contribution in [2.45, 2.75) is 78.3 Å². The van der Waals surface area contributed by atoms with E-state index in [-0.39, 0.29) is 58.1 Å². The van der Waals surface area contributed by atoms with Gasteiger partial charge in [0.1, 0.15) is 43.8 Å². The summed E-state index contributed by atoms with van der Waals surface area (Å²) in [6.45, 7) is 3.04. The van der Waals surface area contributed by atoms with E-state index in [0.29, 0.717) is 36.8 Å². The van der Waals surface area contributed by atoms with Crippen LogP contribution in [0.15, 0.2) is 185 Å². The number of hydrogen-bond acceptors (Lipinski definition) is 13. The molecule has 0 spiro atoms. The van der Waals surface area contributed by atoms with E-state index in [9.17, 15) is 27.6 Å². The SMILES string of the molecule is C.C.COC(=O)C[C@@H](c1ccc(OCc2ccc(-c3ccc(C(F)(F)F)cc3)s2)cc1)c1ccon1.Cc1ccc(-c2ccc(COc3ccc([C@H](CC(=O)N4C(=O)OC[C@@H]4Cc4ccccc4)c4ccon4)cc3)s2)cc1. The molecule has 0 aliphatic carbocycles. The molecule has 4 aromatic heterocycles. The van der Waals surface area contributed by atoms with Gasteiger partial charge in [-0.15, -0.1) is 22.7 Å². The Morgan fingerprint density at radius 3 is 1.63 bits per heavy atom. The number of hydrogen-bond donors (Lipinski definition) is 0. The number of carbonyl (C=O) groups excluding carboxylic acids is 3. The topological polar surface area (TPSA) is 143 Å². The summed E-state index contributed by atoms with van der Waals surface area (Å²) >= 11 is 3.17. The highest BCUT2D eigenvalue weighted by Crippen LogP contribution is 2.36. The van der Waals surface area contributed by atoms with E-state index in [4.69, 9.17) is 28.0 Å². The van der Waals surface area contributed by atoms with Crippen LogP contribution in [0.4, 0.5) is 18.0 Å². The summed E-state index contributed by atoms with van der Waals surface area (Å²) in [6, 6.07) is 49.4. The highest BCUT2D eigenvalue weighted by molar-refractivity contribution is 7.15.